The molecular formula is C41H64N10O18S. The molecule has 0 aromatic carbocycles. The molecule has 9 amide bonds. The van der Waals surface area contributed by atoms with Gasteiger partial charge in [-0.05, 0) is 57.8 Å². The Balaban J connectivity index is 2.37. The van der Waals surface area contributed by atoms with E-state index in [1.165, 1.54) is 4.90 Å². The van der Waals surface area contributed by atoms with Crippen molar-refractivity contribution < 1.29 is 87.9 Å². The molecule has 2 aliphatic heterocycles. The molecule has 0 saturated carbocycles. The minimum absolute atomic E-state index is 0.0325. The van der Waals surface area contributed by atoms with Gasteiger partial charge in [0.15, 0.2) is 0 Å². The van der Waals surface area contributed by atoms with Gasteiger partial charge in [-0.1, -0.05) is 13.8 Å². The number of rotatable bonds is 29. The van der Waals surface area contributed by atoms with E-state index >= 15 is 0 Å². The van der Waals surface area contributed by atoms with E-state index in [0.717, 1.165) is 11.8 Å². The van der Waals surface area contributed by atoms with E-state index in [1.807, 2.05) is 0 Å². The number of aliphatic carboxylic acids is 4. The molecule has 0 aromatic heterocycles. The maximum atomic E-state index is 14.1. The zero-order valence-electron chi connectivity index (χ0n) is 38.8. The molecule has 2 fully saturated rings. The minimum Gasteiger partial charge on any atom is -0.481 e. The van der Waals surface area contributed by atoms with Crippen molar-refractivity contribution in [1.29, 1.82) is 0 Å². The summed E-state index contributed by atoms with van der Waals surface area (Å²) in [5.74, 6) is -15.9. The molecule has 0 radical (unpaired) electrons. The van der Waals surface area contributed by atoms with Gasteiger partial charge in [-0.25, -0.2) is 4.79 Å². The summed E-state index contributed by atoms with van der Waals surface area (Å²) in [6.07, 6.45) is -5.90. The van der Waals surface area contributed by atoms with E-state index in [9.17, 15) is 87.9 Å². The van der Waals surface area contributed by atoms with Gasteiger partial charge in [-0.15, -0.1) is 0 Å². The fourth-order valence-electron chi connectivity index (χ4n) is 7.65. The van der Waals surface area contributed by atoms with Gasteiger partial charge in [0, 0.05) is 31.7 Å². The van der Waals surface area contributed by atoms with Gasteiger partial charge < -0.3 is 78.7 Å². The average molecular weight is 1020 g/mol. The van der Waals surface area contributed by atoms with E-state index in [1.54, 1.807) is 13.8 Å². The number of hydrogen-bond donors (Lipinski definition) is 14. The fourth-order valence-corrected chi connectivity index (χ4v) is 7.80. The summed E-state index contributed by atoms with van der Waals surface area (Å²) in [6, 6.07) is -14.3. The molecular weight excluding hydrogens is 953 g/mol. The first-order chi connectivity index (χ1) is 32.7. The maximum Gasteiger partial charge on any atom is 0.326 e. The van der Waals surface area contributed by atoms with Crippen LogP contribution in [0.25, 0.3) is 0 Å². The Kier molecular flexibility index (Phi) is 23.9. The molecule has 2 saturated heterocycles. The smallest absolute Gasteiger partial charge is 0.326 e. The normalized spacial score (nSPS) is 18.9. The molecule has 28 nitrogen and oxygen atoms in total. The van der Waals surface area contributed by atoms with Crippen molar-refractivity contribution >= 4 is 89.7 Å². The SMILES string of the molecule is CC(C)C[C@H](NC(=O)[C@H](CC(=O)O)NC(=O)[C@@H]1CCCN1C(=O)[C@H](CCC(=O)O)NC(=O)[C@H](CC(N)=O)NC(=O)[C@H](CCC(=O)O)NC(=O)[C@@H](NC(=O)[C@@H]1CCCN1C(=O)[C@@H](N)CS)[C@@H](C)O)C(=O)O. The first kappa shape index (κ1) is 59.5. The molecule has 2 rings (SSSR count). The van der Waals surface area contributed by atoms with Crippen LogP contribution in [-0.2, 0) is 62.3 Å². The Hall–Kier alpha value is -6.62. The first-order valence-corrected chi connectivity index (χ1v) is 23.0. The van der Waals surface area contributed by atoms with Crippen molar-refractivity contribution in [2.24, 2.45) is 17.4 Å². The van der Waals surface area contributed by atoms with Gasteiger partial charge in [0.05, 0.1) is 25.0 Å². The minimum atomic E-state index is -1.99. The summed E-state index contributed by atoms with van der Waals surface area (Å²) < 4.78 is 0. The van der Waals surface area contributed by atoms with Crippen LogP contribution < -0.4 is 43.4 Å². The topological polar surface area (TPSA) is 454 Å². The van der Waals surface area contributed by atoms with E-state index < -0.39 is 176 Å². The Morgan fingerprint density at radius 2 is 1.03 bits per heavy atom. The van der Waals surface area contributed by atoms with Crippen LogP contribution in [0.4, 0.5) is 0 Å². The number of carboxylic acid groups (broad SMARTS) is 4. The third kappa shape index (κ3) is 18.7. The number of likely N-dealkylation sites (tertiary alicyclic amines) is 2. The number of aliphatic hydroxyl groups is 1. The molecule has 392 valence electrons. The molecule has 0 bridgehead atoms. The van der Waals surface area contributed by atoms with E-state index in [2.05, 4.69) is 44.5 Å². The van der Waals surface area contributed by atoms with Crippen molar-refractivity contribution in [3.05, 3.63) is 0 Å². The number of hydrogen-bond acceptors (Lipinski definition) is 16. The second kappa shape index (κ2) is 28.1. The third-order valence-corrected chi connectivity index (χ3v) is 11.6. The Morgan fingerprint density at radius 1 is 0.586 bits per heavy atom. The summed E-state index contributed by atoms with van der Waals surface area (Å²) in [6.45, 7) is 4.44. The molecule has 10 atom stereocenters. The van der Waals surface area contributed by atoms with Crippen LogP contribution in [0.1, 0.15) is 91.4 Å². The summed E-state index contributed by atoms with van der Waals surface area (Å²) in [5.41, 5.74) is 11.2. The lowest BCUT2D eigenvalue weighted by atomic mass is 10.0. The molecule has 0 aliphatic carbocycles. The number of nitrogens with two attached hydrogens (primary N) is 2. The van der Waals surface area contributed by atoms with Crippen LogP contribution in [0.3, 0.4) is 0 Å². The maximum absolute atomic E-state index is 14.1. The van der Waals surface area contributed by atoms with Gasteiger partial charge in [0.1, 0.15) is 48.3 Å². The number of nitrogens with zero attached hydrogens (tertiary/aromatic N) is 2. The highest BCUT2D eigenvalue weighted by molar-refractivity contribution is 7.80. The fraction of sp³-hybridized carbons (Fsp3) is 0.683. The third-order valence-electron chi connectivity index (χ3n) is 11.2. The highest BCUT2D eigenvalue weighted by Gasteiger charge is 2.42. The number of nitrogens with one attached hydrogen (secondary N) is 6. The predicted octanol–water partition coefficient (Wildman–Crippen LogP) is -5.27. The molecule has 70 heavy (non-hydrogen) atoms. The molecule has 15 N–H and O–H groups in total. The highest BCUT2D eigenvalue weighted by atomic mass is 32.1. The number of thiol groups is 1. The molecule has 29 heteroatoms. The number of amides is 9. The number of primary amides is 1. The molecule has 0 aromatic rings. The number of carbonyl (C=O) groups excluding carboxylic acids is 9. The second-order valence-electron chi connectivity index (χ2n) is 17.3. The molecule has 2 heterocycles. The van der Waals surface area contributed by atoms with Crippen molar-refractivity contribution in [1.82, 2.24) is 41.7 Å². The zero-order valence-corrected chi connectivity index (χ0v) is 39.7. The largest absolute Gasteiger partial charge is 0.481 e. The molecule has 2 aliphatic rings. The van der Waals surface area contributed by atoms with Crippen LogP contribution in [0.2, 0.25) is 0 Å². The standard InChI is InChI=1S/C41H64N10O18S/c1-18(2)14-25(41(68)69)48-35(62)24(16-31(58)59)47-36(63)26-6-5-13-51(26)40(67)22(9-11-30(56)57)45-34(61)23(15-28(43)53)46-33(60)21(8-10-29(54)55)44-38(65)32(19(3)52)49-37(64)27-7-4-12-50(27)39(66)20(42)17-70/h18-27,32,52,70H,4-17,42H2,1-3H3,(H2,43,53)(H,44,65)(H,45,61)(H,46,60)(H,47,63)(H,48,62)(H,49,64)(H,54,55)(H,56,57)(H,58,59)(H,68,69)/t19-,20+,21+,22+,23+,24+,25+,26+,27+,32+/m1/s1. The van der Waals surface area contributed by atoms with E-state index in [-0.39, 0.29) is 50.4 Å². The number of carboxylic acids is 4. The van der Waals surface area contributed by atoms with Crippen LogP contribution in [-0.4, -0.2) is 192 Å². The van der Waals surface area contributed by atoms with Gasteiger partial charge in [-0.3, -0.25) is 57.5 Å². The Bertz CT molecular complexity index is 1990. The van der Waals surface area contributed by atoms with Gasteiger partial charge >= 0.3 is 23.9 Å². The predicted molar refractivity (Wildman–Crippen MR) is 241 cm³/mol. The summed E-state index contributed by atoms with van der Waals surface area (Å²) in [5, 5.41) is 61.8. The van der Waals surface area contributed by atoms with Crippen LogP contribution in [0, 0.1) is 5.92 Å². The Morgan fingerprint density at radius 3 is 1.49 bits per heavy atom. The molecule has 0 spiro atoms. The summed E-state index contributed by atoms with van der Waals surface area (Å²) in [4.78, 5) is 169. The number of aliphatic hydroxyl groups excluding tert-OH is 1. The number of carbonyl (C=O) groups is 13. The quantitative estimate of drug-likeness (QED) is 0.0311. The monoisotopic (exact) mass is 1020 g/mol. The van der Waals surface area contributed by atoms with Gasteiger partial charge in [-0.2, -0.15) is 12.6 Å². The van der Waals surface area contributed by atoms with Crippen molar-refractivity contribution in [2.45, 2.75) is 152 Å². The second-order valence-corrected chi connectivity index (χ2v) is 17.7. The Labute approximate surface area is 406 Å². The first-order valence-electron chi connectivity index (χ1n) is 22.3. The lowest BCUT2D eigenvalue weighted by Gasteiger charge is -2.31. The van der Waals surface area contributed by atoms with E-state index in [0.29, 0.717) is 6.42 Å². The van der Waals surface area contributed by atoms with Crippen molar-refractivity contribution in [3.8, 4) is 0 Å². The van der Waals surface area contributed by atoms with Gasteiger partial charge in [0.25, 0.3) is 0 Å². The highest BCUT2D eigenvalue weighted by Crippen LogP contribution is 2.22. The van der Waals surface area contributed by atoms with Crippen molar-refractivity contribution in [3.63, 3.8) is 0 Å². The summed E-state index contributed by atoms with van der Waals surface area (Å²) >= 11 is 4.01. The van der Waals surface area contributed by atoms with E-state index in [4.69, 9.17) is 11.5 Å². The average Bonchev–Trinajstić information content (AvgIpc) is 3.97. The molecule has 0 unspecified atom stereocenters. The van der Waals surface area contributed by atoms with Crippen LogP contribution >= 0.6 is 12.6 Å². The lowest BCUT2D eigenvalue weighted by Crippen LogP contribution is -2.61. The van der Waals surface area contributed by atoms with Gasteiger partial charge in [0.2, 0.25) is 53.2 Å². The van der Waals surface area contributed by atoms with Crippen LogP contribution in [0.5, 0.6) is 0 Å². The summed E-state index contributed by atoms with van der Waals surface area (Å²) in [7, 11) is 0. The van der Waals surface area contributed by atoms with Crippen LogP contribution in [0.15, 0.2) is 0 Å². The van der Waals surface area contributed by atoms with Crippen molar-refractivity contribution in [2.75, 3.05) is 18.8 Å². The zero-order chi connectivity index (χ0) is 53.2. The lowest BCUT2D eigenvalue weighted by molar-refractivity contribution is -0.146.